The van der Waals surface area contributed by atoms with Gasteiger partial charge in [0.15, 0.2) is 5.17 Å². The first-order valence-corrected chi connectivity index (χ1v) is 6.88. The van der Waals surface area contributed by atoms with E-state index in [1.54, 1.807) is 18.0 Å². The standard InChI is InChI=1S/C12H14FN3S/c13-9-4-10(6-14-5-9)15-12-16-11-3-1-2-8(11)7-17-12/h4-6,8,11H,1-3,7H2,(H,15,16). The van der Waals surface area contributed by atoms with Crippen LogP contribution >= 0.6 is 11.8 Å². The van der Waals surface area contributed by atoms with Crippen LogP contribution in [-0.4, -0.2) is 21.9 Å². The fourth-order valence-corrected chi connectivity index (χ4v) is 3.59. The summed E-state index contributed by atoms with van der Waals surface area (Å²) in [5.74, 6) is 1.55. The summed E-state index contributed by atoms with van der Waals surface area (Å²) in [6.07, 6.45) is 6.60. The predicted octanol–water partition coefficient (Wildman–Crippen LogP) is 2.90. The van der Waals surface area contributed by atoms with E-state index in [0.29, 0.717) is 11.7 Å². The molecule has 1 aliphatic carbocycles. The van der Waals surface area contributed by atoms with E-state index in [1.165, 1.54) is 31.5 Å². The molecule has 0 bridgehead atoms. The molecule has 0 aromatic carbocycles. The van der Waals surface area contributed by atoms with E-state index >= 15 is 0 Å². The Hall–Kier alpha value is -1.10. The normalized spacial score (nSPS) is 27.5. The highest BCUT2D eigenvalue weighted by molar-refractivity contribution is 8.14. The molecule has 0 spiro atoms. The molecule has 1 aromatic heterocycles. The average molecular weight is 251 g/mol. The SMILES string of the molecule is Fc1cncc(NC2=NC3CCCC3CS2)c1. The summed E-state index contributed by atoms with van der Waals surface area (Å²) in [7, 11) is 0. The lowest BCUT2D eigenvalue weighted by molar-refractivity contribution is 0.535. The van der Waals surface area contributed by atoms with Crippen molar-refractivity contribution in [3.05, 3.63) is 24.3 Å². The van der Waals surface area contributed by atoms with Crippen LogP contribution < -0.4 is 5.32 Å². The lowest BCUT2D eigenvalue weighted by Gasteiger charge is -2.23. The maximum absolute atomic E-state index is 13.0. The maximum atomic E-state index is 13.0. The first-order valence-electron chi connectivity index (χ1n) is 5.89. The highest BCUT2D eigenvalue weighted by Gasteiger charge is 2.30. The van der Waals surface area contributed by atoms with Gasteiger partial charge in [0.2, 0.25) is 0 Å². The summed E-state index contributed by atoms with van der Waals surface area (Å²) in [6.45, 7) is 0. The van der Waals surface area contributed by atoms with Crippen LogP contribution in [0.5, 0.6) is 0 Å². The van der Waals surface area contributed by atoms with Crippen molar-refractivity contribution in [1.82, 2.24) is 4.98 Å². The fourth-order valence-electron chi connectivity index (χ4n) is 2.43. The second-order valence-corrected chi connectivity index (χ2v) is 5.53. The molecule has 0 saturated heterocycles. The minimum absolute atomic E-state index is 0.324. The molecule has 1 saturated carbocycles. The van der Waals surface area contributed by atoms with Gasteiger partial charge in [-0.05, 0) is 18.8 Å². The zero-order valence-electron chi connectivity index (χ0n) is 9.40. The average Bonchev–Trinajstić information content (AvgIpc) is 2.76. The second kappa shape index (κ2) is 4.64. The minimum atomic E-state index is -0.324. The molecule has 2 heterocycles. The summed E-state index contributed by atoms with van der Waals surface area (Å²) in [6, 6.07) is 1.91. The Morgan fingerprint density at radius 3 is 3.18 bits per heavy atom. The van der Waals surface area contributed by atoms with Gasteiger partial charge in [-0.25, -0.2) is 4.39 Å². The van der Waals surface area contributed by atoms with E-state index in [0.717, 1.165) is 16.8 Å². The number of pyridine rings is 1. The van der Waals surface area contributed by atoms with Crippen molar-refractivity contribution >= 4 is 22.6 Å². The van der Waals surface area contributed by atoms with Gasteiger partial charge in [0.25, 0.3) is 0 Å². The van der Waals surface area contributed by atoms with Gasteiger partial charge in [-0.3, -0.25) is 9.98 Å². The molecule has 1 aliphatic heterocycles. The van der Waals surface area contributed by atoms with Crippen molar-refractivity contribution in [2.45, 2.75) is 25.3 Å². The summed E-state index contributed by atoms with van der Waals surface area (Å²) in [5.41, 5.74) is 0.674. The van der Waals surface area contributed by atoms with Crippen molar-refractivity contribution < 1.29 is 4.39 Å². The van der Waals surface area contributed by atoms with Crippen LogP contribution in [0.2, 0.25) is 0 Å². The number of hydrogen-bond donors (Lipinski definition) is 1. The van der Waals surface area contributed by atoms with E-state index in [9.17, 15) is 4.39 Å². The third-order valence-electron chi connectivity index (χ3n) is 3.29. The van der Waals surface area contributed by atoms with Crippen LogP contribution in [0.1, 0.15) is 19.3 Å². The molecule has 17 heavy (non-hydrogen) atoms. The van der Waals surface area contributed by atoms with Gasteiger partial charge >= 0.3 is 0 Å². The molecule has 1 fully saturated rings. The van der Waals surface area contributed by atoms with Crippen LogP contribution in [0.15, 0.2) is 23.5 Å². The highest BCUT2D eigenvalue weighted by atomic mass is 32.2. The number of rotatable bonds is 1. The van der Waals surface area contributed by atoms with E-state index in [2.05, 4.69) is 15.3 Å². The Balaban J connectivity index is 1.73. The molecular formula is C12H14FN3S. The first-order chi connectivity index (χ1) is 8.31. The van der Waals surface area contributed by atoms with Crippen LogP contribution in [0.3, 0.4) is 0 Å². The van der Waals surface area contributed by atoms with Crippen molar-refractivity contribution in [2.75, 3.05) is 11.1 Å². The Labute approximate surface area is 104 Å². The molecule has 1 aromatic rings. The van der Waals surface area contributed by atoms with Gasteiger partial charge < -0.3 is 5.32 Å². The summed E-state index contributed by atoms with van der Waals surface area (Å²) < 4.78 is 13.0. The van der Waals surface area contributed by atoms with Crippen LogP contribution in [0.25, 0.3) is 0 Å². The number of aliphatic imine (C=N–C) groups is 1. The zero-order valence-corrected chi connectivity index (χ0v) is 10.2. The van der Waals surface area contributed by atoms with E-state index in [-0.39, 0.29) is 5.82 Å². The number of thioether (sulfide) groups is 1. The number of halogens is 1. The summed E-state index contributed by atoms with van der Waals surface area (Å²) >= 11 is 1.73. The van der Waals surface area contributed by atoms with Crippen molar-refractivity contribution in [1.29, 1.82) is 0 Å². The molecule has 2 aliphatic rings. The van der Waals surface area contributed by atoms with Gasteiger partial charge in [0, 0.05) is 11.8 Å². The van der Waals surface area contributed by atoms with Gasteiger partial charge in [-0.2, -0.15) is 0 Å². The Kier molecular flexibility index (Phi) is 3.01. The van der Waals surface area contributed by atoms with Crippen molar-refractivity contribution in [3.8, 4) is 0 Å². The number of nitrogens with one attached hydrogen (secondary N) is 1. The van der Waals surface area contributed by atoms with Crippen molar-refractivity contribution in [3.63, 3.8) is 0 Å². The van der Waals surface area contributed by atoms with Crippen molar-refractivity contribution in [2.24, 2.45) is 10.9 Å². The molecule has 3 rings (SSSR count). The van der Waals surface area contributed by atoms with Gasteiger partial charge in [-0.1, -0.05) is 18.2 Å². The highest BCUT2D eigenvalue weighted by Crippen LogP contribution is 2.35. The molecule has 90 valence electrons. The molecule has 3 nitrogen and oxygen atoms in total. The van der Waals surface area contributed by atoms with E-state index < -0.39 is 0 Å². The Morgan fingerprint density at radius 2 is 2.29 bits per heavy atom. The summed E-state index contributed by atoms with van der Waals surface area (Å²) in [4.78, 5) is 8.50. The Morgan fingerprint density at radius 1 is 1.35 bits per heavy atom. The smallest absolute Gasteiger partial charge is 0.161 e. The number of anilines is 1. The zero-order chi connectivity index (χ0) is 11.7. The molecule has 2 atom stereocenters. The third-order valence-corrected chi connectivity index (χ3v) is 4.37. The number of aromatic nitrogens is 1. The van der Waals surface area contributed by atoms with E-state index in [4.69, 9.17) is 0 Å². The van der Waals surface area contributed by atoms with Crippen LogP contribution in [0.4, 0.5) is 10.1 Å². The van der Waals surface area contributed by atoms with Crippen LogP contribution in [-0.2, 0) is 0 Å². The monoisotopic (exact) mass is 251 g/mol. The second-order valence-electron chi connectivity index (χ2n) is 4.52. The molecule has 2 unspecified atom stereocenters. The van der Waals surface area contributed by atoms with Gasteiger partial charge in [-0.15, -0.1) is 0 Å². The lowest BCUT2D eigenvalue weighted by Crippen LogP contribution is -2.25. The fraction of sp³-hybridized carbons (Fsp3) is 0.500. The maximum Gasteiger partial charge on any atom is 0.161 e. The van der Waals surface area contributed by atoms with Gasteiger partial charge in [0.1, 0.15) is 5.82 Å². The molecule has 5 heteroatoms. The number of nitrogens with zero attached hydrogens (tertiary/aromatic N) is 2. The first kappa shape index (κ1) is 11.0. The summed E-state index contributed by atoms with van der Waals surface area (Å²) in [5, 5.41) is 4.05. The number of fused-ring (bicyclic) bond motifs is 1. The van der Waals surface area contributed by atoms with Crippen LogP contribution in [0, 0.1) is 11.7 Å². The molecule has 0 radical (unpaired) electrons. The quantitative estimate of drug-likeness (QED) is 0.834. The molecular weight excluding hydrogens is 237 g/mol. The molecule has 1 N–H and O–H groups in total. The topological polar surface area (TPSA) is 37.3 Å². The molecule has 0 amide bonds. The lowest BCUT2D eigenvalue weighted by atomic mass is 10.1. The third kappa shape index (κ3) is 2.44. The number of amidine groups is 1. The number of hydrogen-bond acceptors (Lipinski definition) is 4. The van der Waals surface area contributed by atoms with E-state index in [1.807, 2.05) is 0 Å². The Bertz CT molecular complexity index is 449. The predicted molar refractivity (Wildman–Crippen MR) is 68.8 cm³/mol. The van der Waals surface area contributed by atoms with Gasteiger partial charge in [0.05, 0.1) is 24.1 Å². The largest absolute Gasteiger partial charge is 0.334 e. The minimum Gasteiger partial charge on any atom is -0.334 e.